The number of aromatic nitrogens is 2. The van der Waals surface area contributed by atoms with Crippen LogP contribution in [0.3, 0.4) is 0 Å². The fourth-order valence-corrected chi connectivity index (χ4v) is 5.85. The summed E-state index contributed by atoms with van der Waals surface area (Å²) >= 11 is 0. The van der Waals surface area contributed by atoms with E-state index in [9.17, 15) is 13.5 Å². The zero-order valence-corrected chi connectivity index (χ0v) is 16.8. The van der Waals surface area contributed by atoms with Crippen molar-refractivity contribution in [3.63, 3.8) is 0 Å². The minimum Gasteiger partial charge on any atom is -0.506 e. The molecule has 0 saturated carbocycles. The van der Waals surface area contributed by atoms with Gasteiger partial charge in [-0.15, -0.1) is 0 Å². The van der Waals surface area contributed by atoms with Crippen molar-refractivity contribution in [1.82, 2.24) is 15.3 Å². The number of pyridine rings is 1. The topological polar surface area (TPSA) is 95.1 Å². The maximum atomic E-state index is 13.0. The third-order valence-corrected chi connectivity index (χ3v) is 7.84. The third-order valence-electron chi connectivity index (χ3n) is 5.65. The first-order chi connectivity index (χ1) is 13.9. The maximum Gasteiger partial charge on any atom is 0.182 e. The Labute approximate surface area is 168 Å². The van der Waals surface area contributed by atoms with Crippen LogP contribution in [-0.4, -0.2) is 41.8 Å². The van der Waals surface area contributed by atoms with E-state index < -0.39 is 15.1 Å². The van der Waals surface area contributed by atoms with Crippen LogP contribution >= 0.6 is 0 Å². The number of H-pyrrole nitrogens is 1. The first-order valence-corrected chi connectivity index (χ1v) is 11.1. The molecule has 0 spiro atoms. The molecular weight excluding hydrogens is 386 g/mol. The molecule has 0 bridgehead atoms. The fourth-order valence-electron chi connectivity index (χ4n) is 4.14. The van der Waals surface area contributed by atoms with Crippen molar-refractivity contribution in [2.75, 3.05) is 13.1 Å². The lowest BCUT2D eigenvalue weighted by molar-refractivity contribution is 0.480. The zero-order chi connectivity index (χ0) is 20.2. The highest BCUT2D eigenvalue weighted by molar-refractivity contribution is 7.92. The first kappa shape index (κ1) is 18.1. The molecule has 1 saturated heterocycles. The summed E-state index contributed by atoms with van der Waals surface area (Å²) in [6, 6.07) is 12.6. The number of hydrogen-bond acceptors (Lipinski definition) is 5. The lowest BCUT2D eigenvalue weighted by Gasteiger charge is -2.12. The number of aromatic amines is 1. The normalized spacial score (nSPS) is 17.3. The van der Waals surface area contributed by atoms with Gasteiger partial charge < -0.3 is 15.4 Å². The highest BCUT2D eigenvalue weighted by atomic mass is 32.2. The van der Waals surface area contributed by atoms with E-state index in [0.29, 0.717) is 29.0 Å². The number of nitrogens with zero attached hydrogens (tertiary/aromatic N) is 1. The summed E-state index contributed by atoms with van der Waals surface area (Å²) in [4.78, 5) is 7.95. The number of hydrogen-bond donors (Lipinski definition) is 3. The van der Waals surface area contributed by atoms with Gasteiger partial charge in [0.1, 0.15) is 11.4 Å². The molecule has 148 valence electrons. The summed E-state index contributed by atoms with van der Waals surface area (Å²) in [5, 5.41) is 14.9. The average Bonchev–Trinajstić information content (AvgIpc) is 3.38. The number of phenols is 1. The molecule has 3 N–H and O–H groups in total. The second-order valence-electron chi connectivity index (χ2n) is 7.60. The van der Waals surface area contributed by atoms with Crippen LogP contribution in [0.15, 0.2) is 53.6 Å². The number of phenolic OH excluding ortho intramolecular Hbond substituents is 1. The van der Waals surface area contributed by atoms with Crippen molar-refractivity contribution in [2.45, 2.75) is 23.5 Å². The highest BCUT2D eigenvalue weighted by Gasteiger charge is 2.30. The van der Waals surface area contributed by atoms with E-state index >= 15 is 0 Å². The molecule has 2 aromatic carbocycles. The van der Waals surface area contributed by atoms with Crippen LogP contribution in [0.4, 0.5) is 0 Å². The highest BCUT2D eigenvalue weighted by Crippen LogP contribution is 2.39. The van der Waals surface area contributed by atoms with Gasteiger partial charge in [-0.2, -0.15) is 0 Å². The Bertz CT molecular complexity index is 1350. The van der Waals surface area contributed by atoms with E-state index in [1.165, 1.54) is 0 Å². The number of sulfone groups is 1. The van der Waals surface area contributed by atoms with Gasteiger partial charge in [0.25, 0.3) is 0 Å². The van der Waals surface area contributed by atoms with Crippen LogP contribution in [0.2, 0.25) is 0 Å². The summed E-state index contributed by atoms with van der Waals surface area (Å²) in [7, 11) is -3.40. The summed E-state index contributed by atoms with van der Waals surface area (Å²) < 4.78 is 26.1. The molecule has 1 fully saturated rings. The second-order valence-corrected chi connectivity index (χ2v) is 9.83. The number of aromatic hydroxyl groups is 1. The Morgan fingerprint density at radius 3 is 2.83 bits per heavy atom. The Kier molecular flexibility index (Phi) is 4.11. The van der Waals surface area contributed by atoms with Gasteiger partial charge in [-0.25, -0.2) is 13.4 Å². The lowest BCUT2D eigenvalue weighted by Crippen LogP contribution is -2.23. The van der Waals surface area contributed by atoms with E-state index in [4.69, 9.17) is 0 Å². The summed E-state index contributed by atoms with van der Waals surface area (Å²) in [5.41, 5.74) is 3.96. The standard InChI is InChI=1S/C22H21N3O3S/c1-13-9-18-20-17(5-6-19(26)21(20)25-22(18)24-11-13)14-3-2-4-15(10-14)29(27,28)16-7-8-23-12-16/h2-6,9-11,16,23,26H,7-8,12H2,1H3,(H,24,25). The maximum absolute atomic E-state index is 13.0. The van der Waals surface area contributed by atoms with Crippen molar-refractivity contribution >= 4 is 31.8 Å². The summed E-state index contributed by atoms with van der Waals surface area (Å²) in [6.07, 6.45) is 2.40. The number of rotatable bonds is 3. The number of nitrogens with one attached hydrogen (secondary N) is 2. The summed E-state index contributed by atoms with van der Waals surface area (Å²) in [5.74, 6) is 0.139. The van der Waals surface area contributed by atoms with E-state index in [1.807, 2.05) is 25.1 Å². The van der Waals surface area contributed by atoms with Gasteiger partial charge in [0.05, 0.1) is 15.7 Å². The molecule has 0 aliphatic carbocycles. The molecular formula is C22H21N3O3S. The molecule has 3 heterocycles. The predicted molar refractivity (Wildman–Crippen MR) is 114 cm³/mol. The molecule has 1 unspecified atom stereocenters. The van der Waals surface area contributed by atoms with Gasteiger partial charge in [0.2, 0.25) is 0 Å². The molecule has 29 heavy (non-hydrogen) atoms. The van der Waals surface area contributed by atoms with E-state index in [2.05, 4.69) is 15.3 Å². The van der Waals surface area contributed by atoms with Crippen LogP contribution in [0, 0.1) is 6.92 Å². The molecule has 2 aromatic heterocycles. The Morgan fingerprint density at radius 1 is 1.17 bits per heavy atom. The Hall–Kier alpha value is -2.90. The van der Waals surface area contributed by atoms with Gasteiger partial charge in [-0.3, -0.25) is 0 Å². The smallest absolute Gasteiger partial charge is 0.182 e. The number of aryl methyl sites for hydroxylation is 1. The van der Waals surface area contributed by atoms with Crippen LogP contribution in [0.1, 0.15) is 12.0 Å². The van der Waals surface area contributed by atoms with Crippen LogP contribution in [-0.2, 0) is 9.84 Å². The van der Waals surface area contributed by atoms with Crippen LogP contribution < -0.4 is 5.32 Å². The van der Waals surface area contributed by atoms with Crippen molar-refractivity contribution in [1.29, 1.82) is 0 Å². The molecule has 0 radical (unpaired) electrons. The van der Waals surface area contributed by atoms with Gasteiger partial charge in [-0.1, -0.05) is 12.1 Å². The lowest BCUT2D eigenvalue weighted by atomic mass is 9.99. The van der Waals surface area contributed by atoms with Gasteiger partial charge in [0, 0.05) is 23.5 Å². The van der Waals surface area contributed by atoms with Crippen molar-refractivity contribution in [3.05, 3.63) is 54.2 Å². The zero-order valence-electron chi connectivity index (χ0n) is 15.9. The van der Waals surface area contributed by atoms with Crippen molar-refractivity contribution in [3.8, 4) is 16.9 Å². The first-order valence-electron chi connectivity index (χ1n) is 9.60. The Morgan fingerprint density at radius 2 is 2.03 bits per heavy atom. The minimum atomic E-state index is -3.40. The van der Waals surface area contributed by atoms with Crippen molar-refractivity contribution < 1.29 is 13.5 Å². The molecule has 4 aromatic rings. The van der Waals surface area contributed by atoms with E-state index in [1.54, 1.807) is 30.5 Å². The molecule has 6 nitrogen and oxygen atoms in total. The van der Waals surface area contributed by atoms with Crippen LogP contribution in [0.5, 0.6) is 5.75 Å². The molecule has 5 rings (SSSR count). The number of fused-ring (bicyclic) bond motifs is 3. The summed E-state index contributed by atoms with van der Waals surface area (Å²) in [6.45, 7) is 3.18. The quantitative estimate of drug-likeness (QED) is 0.483. The van der Waals surface area contributed by atoms with E-state index in [0.717, 1.165) is 34.0 Å². The van der Waals surface area contributed by atoms with Gasteiger partial charge in [-0.05, 0) is 66.9 Å². The van der Waals surface area contributed by atoms with Crippen LogP contribution in [0.25, 0.3) is 33.1 Å². The Balaban J connectivity index is 1.73. The molecule has 1 aliphatic rings. The number of benzene rings is 2. The SMILES string of the molecule is Cc1cnc2[nH]c3c(O)ccc(-c4cccc(S(=O)(=O)C5CCNC5)c4)c3c2c1. The monoisotopic (exact) mass is 407 g/mol. The van der Waals surface area contributed by atoms with E-state index in [-0.39, 0.29) is 5.75 Å². The molecule has 1 aliphatic heterocycles. The van der Waals surface area contributed by atoms with Gasteiger partial charge in [0.15, 0.2) is 9.84 Å². The minimum absolute atomic E-state index is 0.139. The third kappa shape index (κ3) is 2.89. The predicted octanol–water partition coefficient (Wildman–Crippen LogP) is 3.53. The molecule has 1 atom stereocenters. The average molecular weight is 407 g/mol. The van der Waals surface area contributed by atoms with Crippen molar-refractivity contribution in [2.24, 2.45) is 0 Å². The molecule has 0 amide bonds. The molecule has 7 heteroatoms. The van der Waals surface area contributed by atoms with Gasteiger partial charge >= 0.3 is 0 Å². The fraction of sp³-hybridized carbons (Fsp3) is 0.227. The largest absolute Gasteiger partial charge is 0.506 e. The second kappa shape index (κ2) is 6.57.